The second-order valence-corrected chi connectivity index (χ2v) is 6.57. The highest BCUT2D eigenvalue weighted by Crippen LogP contribution is 2.42. The molecule has 23 heavy (non-hydrogen) atoms. The maximum absolute atomic E-state index is 11.5. The van der Waals surface area contributed by atoms with E-state index in [1.165, 1.54) is 0 Å². The van der Waals surface area contributed by atoms with Crippen LogP contribution in [0.3, 0.4) is 0 Å². The van der Waals surface area contributed by atoms with E-state index >= 15 is 0 Å². The normalized spacial score (nSPS) is 23.3. The van der Waals surface area contributed by atoms with Gasteiger partial charge in [0.1, 0.15) is 0 Å². The van der Waals surface area contributed by atoms with Crippen molar-refractivity contribution in [3.63, 3.8) is 0 Å². The van der Waals surface area contributed by atoms with Gasteiger partial charge in [0.2, 0.25) is 5.91 Å². The van der Waals surface area contributed by atoms with Crippen molar-refractivity contribution in [1.29, 1.82) is 0 Å². The molecule has 2 aliphatic rings. The van der Waals surface area contributed by atoms with Crippen LogP contribution in [0.1, 0.15) is 38.3 Å². The van der Waals surface area contributed by atoms with Crippen LogP contribution >= 0.6 is 0 Å². The van der Waals surface area contributed by atoms with Crippen LogP contribution in [-0.2, 0) is 20.9 Å². The van der Waals surface area contributed by atoms with Crippen LogP contribution < -0.4 is 0 Å². The molecule has 3 rings (SSSR count). The van der Waals surface area contributed by atoms with Gasteiger partial charge in [-0.1, -0.05) is 6.07 Å². The number of carbonyl (C=O) groups is 1. The average Bonchev–Trinajstić information content (AvgIpc) is 2.95. The Hall–Kier alpha value is -1.46. The number of likely N-dealkylation sites (tertiary alicyclic amines) is 1. The minimum atomic E-state index is -0.0275. The zero-order valence-electron chi connectivity index (χ0n) is 13.9. The van der Waals surface area contributed by atoms with Gasteiger partial charge in [0.05, 0.1) is 17.9 Å². The lowest BCUT2D eigenvalue weighted by Gasteiger charge is -2.42. The third kappa shape index (κ3) is 3.90. The van der Waals surface area contributed by atoms with E-state index in [2.05, 4.69) is 4.98 Å². The molecule has 1 aromatic heterocycles. The fourth-order valence-corrected chi connectivity index (χ4v) is 3.83. The van der Waals surface area contributed by atoms with E-state index in [0.29, 0.717) is 12.5 Å². The van der Waals surface area contributed by atoms with Crippen LogP contribution in [-0.4, -0.2) is 47.7 Å². The zero-order chi connectivity index (χ0) is 16.1. The molecule has 3 heterocycles. The van der Waals surface area contributed by atoms with E-state index in [1.807, 2.05) is 23.1 Å². The quantitative estimate of drug-likeness (QED) is 0.782. The van der Waals surface area contributed by atoms with Gasteiger partial charge in [0, 0.05) is 39.4 Å². The van der Waals surface area contributed by atoms with Crippen LogP contribution in [0.5, 0.6) is 0 Å². The molecule has 0 unspecified atom stereocenters. The molecule has 1 spiro atoms. The fraction of sp³-hybridized carbons (Fsp3) is 0.667. The fourth-order valence-electron chi connectivity index (χ4n) is 3.83. The first-order chi connectivity index (χ1) is 11.2. The third-order valence-electron chi connectivity index (χ3n) is 5.24. The zero-order valence-corrected chi connectivity index (χ0v) is 13.9. The highest BCUT2D eigenvalue weighted by molar-refractivity contribution is 5.73. The maximum Gasteiger partial charge on any atom is 0.219 e. The smallest absolute Gasteiger partial charge is 0.219 e. The topological polar surface area (TPSA) is 51.7 Å². The van der Waals surface area contributed by atoms with Crippen molar-refractivity contribution in [3.8, 4) is 0 Å². The monoisotopic (exact) mass is 318 g/mol. The summed E-state index contributed by atoms with van der Waals surface area (Å²) >= 11 is 0. The molecular weight excluding hydrogens is 292 g/mol. The molecule has 5 nitrogen and oxygen atoms in total. The predicted molar refractivity (Wildman–Crippen MR) is 86.8 cm³/mol. The summed E-state index contributed by atoms with van der Waals surface area (Å²) in [6.07, 6.45) is 5.83. The summed E-state index contributed by atoms with van der Waals surface area (Å²) < 4.78 is 11.9. The van der Waals surface area contributed by atoms with E-state index in [-0.39, 0.29) is 11.5 Å². The summed E-state index contributed by atoms with van der Waals surface area (Å²) in [5, 5.41) is 0. The lowest BCUT2D eigenvalue weighted by molar-refractivity contribution is -0.135. The van der Waals surface area contributed by atoms with Crippen LogP contribution in [0, 0.1) is 5.92 Å². The maximum atomic E-state index is 11.5. The Bertz CT molecular complexity index is 512. The van der Waals surface area contributed by atoms with Crippen molar-refractivity contribution in [3.05, 3.63) is 30.1 Å². The second-order valence-electron chi connectivity index (χ2n) is 6.57. The van der Waals surface area contributed by atoms with Crippen molar-refractivity contribution in [2.45, 2.75) is 44.8 Å². The SMILES string of the molecule is CC(=O)N1CCC2(CC1)OCC[C@@H]2CCOCc1ccccn1. The molecule has 0 saturated carbocycles. The van der Waals surface area contributed by atoms with Gasteiger partial charge < -0.3 is 14.4 Å². The molecule has 0 aliphatic carbocycles. The number of pyridine rings is 1. The summed E-state index contributed by atoms with van der Waals surface area (Å²) in [6, 6.07) is 5.88. The van der Waals surface area contributed by atoms with Gasteiger partial charge >= 0.3 is 0 Å². The van der Waals surface area contributed by atoms with Crippen LogP contribution in [0.25, 0.3) is 0 Å². The number of ether oxygens (including phenoxy) is 2. The van der Waals surface area contributed by atoms with E-state index in [4.69, 9.17) is 9.47 Å². The molecule has 0 N–H and O–H groups in total. The molecule has 2 fully saturated rings. The van der Waals surface area contributed by atoms with E-state index in [1.54, 1.807) is 13.1 Å². The Balaban J connectivity index is 1.45. The summed E-state index contributed by atoms with van der Waals surface area (Å²) in [4.78, 5) is 17.7. The van der Waals surface area contributed by atoms with E-state index in [9.17, 15) is 4.79 Å². The lowest BCUT2D eigenvalue weighted by atomic mass is 9.78. The van der Waals surface area contributed by atoms with Crippen molar-refractivity contribution < 1.29 is 14.3 Å². The molecule has 2 aliphatic heterocycles. The van der Waals surface area contributed by atoms with Gasteiger partial charge in [0.15, 0.2) is 0 Å². The minimum Gasteiger partial charge on any atom is -0.375 e. The molecule has 5 heteroatoms. The number of hydrogen-bond acceptors (Lipinski definition) is 4. The van der Waals surface area contributed by atoms with Crippen molar-refractivity contribution in [2.75, 3.05) is 26.3 Å². The molecular formula is C18H26N2O3. The van der Waals surface area contributed by atoms with Crippen molar-refractivity contribution in [2.24, 2.45) is 5.92 Å². The highest BCUT2D eigenvalue weighted by atomic mass is 16.5. The van der Waals surface area contributed by atoms with Gasteiger partial charge in [0.25, 0.3) is 0 Å². The largest absolute Gasteiger partial charge is 0.375 e. The number of aromatic nitrogens is 1. The average molecular weight is 318 g/mol. The van der Waals surface area contributed by atoms with Gasteiger partial charge in [-0.15, -0.1) is 0 Å². The van der Waals surface area contributed by atoms with Gasteiger partial charge in [-0.05, 0) is 43.7 Å². The Morgan fingerprint density at radius 1 is 1.43 bits per heavy atom. The van der Waals surface area contributed by atoms with Gasteiger partial charge in [-0.25, -0.2) is 0 Å². The van der Waals surface area contributed by atoms with Crippen LogP contribution in [0.15, 0.2) is 24.4 Å². The molecule has 1 atom stereocenters. The summed E-state index contributed by atoms with van der Waals surface area (Å²) in [7, 11) is 0. The summed E-state index contributed by atoms with van der Waals surface area (Å²) in [5.41, 5.74) is 0.944. The first-order valence-electron chi connectivity index (χ1n) is 8.57. The van der Waals surface area contributed by atoms with Crippen molar-refractivity contribution >= 4 is 5.91 Å². The lowest BCUT2D eigenvalue weighted by Crippen LogP contribution is -2.49. The van der Waals surface area contributed by atoms with E-state index < -0.39 is 0 Å². The Kier molecular flexibility index (Phi) is 5.28. The second kappa shape index (κ2) is 7.41. The number of hydrogen-bond donors (Lipinski definition) is 0. The number of carbonyl (C=O) groups excluding carboxylic acids is 1. The minimum absolute atomic E-state index is 0.0275. The van der Waals surface area contributed by atoms with Crippen molar-refractivity contribution in [1.82, 2.24) is 9.88 Å². The number of piperidine rings is 1. The summed E-state index contributed by atoms with van der Waals surface area (Å²) in [5.74, 6) is 0.716. The Labute approximate surface area is 138 Å². The summed E-state index contributed by atoms with van der Waals surface area (Å²) in [6.45, 7) is 5.44. The highest BCUT2D eigenvalue weighted by Gasteiger charge is 2.46. The molecule has 0 aromatic carbocycles. The van der Waals surface area contributed by atoms with Gasteiger partial charge in [-0.2, -0.15) is 0 Å². The molecule has 1 amide bonds. The first-order valence-corrected chi connectivity index (χ1v) is 8.57. The molecule has 0 bridgehead atoms. The molecule has 2 saturated heterocycles. The van der Waals surface area contributed by atoms with E-state index in [0.717, 1.165) is 57.7 Å². The Morgan fingerprint density at radius 3 is 2.96 bits per heavy atom. The number of rotatable bonds is 5. The first kappa shape index (κ1) is 16.4. The molecule has 0 radical (unpaired) electrons. The Morgan fingerprint density at radius 2 is 2.26 bits per heavy atom. The predicted octanol–water partition coefficient (Wildman–Crippen LogP) is 2.41. The van der Waals surface area contributed by atoms with Crippen LogP contribution in [0.4, 0.5) is 0 Å². The van der Waals surface area contributed by atoms with Gasteiger partial charge in [-0.3, -0.25) is 9.78 Å². The standard InChI is InChI=1S/C18H26N2O3/c1-15(21)20-10-7-18(8-11-20)16(6-13-23-18)5-12-22-14-17-4-2-3-9-19-17/h2-4,9,16H,5-8,10-14H2,1H3/t16-/m0/s1. The number of nitrogens with zero attached hydrogens (tertiary/aromatic N) is 2. The third-order valence-corrected chi connectivity index (χ3v) is 5.24. The van der Waals surface area contributed by atoms with Crippen LogP contribution in [0.2, 0.25) is 0 Å². The molecule has 126 valence electrons. The molecule has 1 aromatic rings. The number of amides is 1.